The molecule has 19 heavy (non-hydrogen) atoms. The molecule has 1 aromatic carbocycles. The highest BCUT2D eigenvalue weighted by Gasteiger charge is 2.21. The fraction of sp³-hybridized carbons (Fsp3) is 0.562. The Morgan fingerprint density at radius 3 is 2.79 bits per heavy atom. The SMILES string of the molecule is CC(C)(C)CC(O)c1ccc2c(c1)C(=O)NCCC2. The molecule has 3 nitrogen and oxygen atoms in total. The van der Waals surface area contributed by atoms with Crippen molar-refractivity contribution in [1.82, 2.24) is 5.32 Å². The molecule has 3 heteroatoms. The van der Waals surface area contributed by atoms with Crippen LogP contribution >= 0.6 is 0 Å². The Hall–Kier alpha value is -1.35. The zero-order chi connectivity index (χ0) is 14.0. The maximum absolute atomic E-state index is 12.0. The van der Waals surface area contributed by atoms with Crippen LogP contribution in [0.25, 0.3) is 0 Å². The van der Waals surface area contributed by atoms with Crippen molar-refractivity contribution in [3.05, 3.63) is 34.9 Å². The Bertz CT molecular complexity index is 474. The lowest BCUT2D eigenvalue weighted by Crippen LogP contribution is -2.23. The number of rotatable bonds is 2. The highest BCUT2D eigenvalue weighted by molar-refractivity contribution is 5.96. The number of benzene rings is 1. The van der Waals surface area contributed by atoms with Gasteiger partial charge in [0.15, 0.2) is 0 Å². The minimum Gasteiger partial charge on any atom is -0.388 e. The summed E-state index contributed by atoms with van der Waals surface area (Å²) in [6, 6.07) is 5.79. The molecule has 1 aliphatic rings. The molecule has 0 saturated heterocycles. The highest BCUT2D eigenvalue weighted by Crippen LogP contribution is 2.30. The monoisotopic (exact) mass is 261 g/mol. The van der Waals surface area contributed by atoms with Crippen LogP contribution in [0.15, 0.2) is 18.2 Å². The van der Waals surface area contributed by atoms with E-state index in [1.54, 1.807) is 0 Å². The maximum atomic E-state index is 12.0. The van der Waals surface area contributed by atoms with Crippen molar-refractivity contribution in [2.45, 2.75) is 46.1 Å². The summed E-state index contributed by atoms with van der Waals surface area (Å²) in [4.78, 5) is 12.0. The van der Waals surface area contributed by atoms with Crippen molar-refractivity contribution in [2.75, 3.05) is 6.54 Å². The van der Waals surface area contributed by atoms with E-state index in [0.717, 1.165) is 36.1 Å². The minimum absolute atomic E-state index is 0.0164. The molecule has 1 unspecified atom stereocenters. The van der Waals surface area contributed by atoms with Crippen LogP contribution in [0, 0.1) is 5.41 Å². The van der Waals surface area contributed by atoms with Gasteiger partial charge in [0.05, 0.1) is 6.10 Å². The van der Waals surface area contributed by atoms with E-state index in [4.69, 9.17) is 0 Å². The summed E-state index contributed by atoms with van der Waals surface area (Å²) in [6.45, 7) is 7.04. The second kappa shape index (κ2) is 5.33. The Morgan fingerprint density at radius 2 is 2.11 bits per heavy atom. The zero-order valence-electron chi connectivity index (χ0n) is 12.0. The van der Waals surface area contributed by atoms with E-state index in [1.807, 2.05) is 18.2 Å². The van der Waals surface area contributed by atoms with Crippen LogP contribution in [0.1, 0.15) is 61.2 Å². The Kier molecular flexibility index (Phi) is 3.95. The van der Waals surface area contributed by atoms with Crippen LogP contribution in [0.5, 0.6) is 0 Å². The largest absolute Gasteiger partial charge is 0.388 e. The number of carbonyl (C=O) groups is 1. The summed E-state index contributed by atoms with van der Waals surface area (Å²) in [7, 11) is 0. The van der Waals surface area contributed by atoms with Crippen LogP contribution < -0.4 is 5.32 Å². The third kappa shape index (κ3) is 3.57. The number of aliphatic hydroxyl groups is 1. The van der Waals surface area contributed by atoms with Crippen LogP contribution in [-0.2, 0) is 6.42 Å². The van der Waals surface area contributed by atoms with E-state index in [1.165, 1.54) is 0 Å². The third-order valence-electron chi connectivity index (χ3n) is 3.48. The second-order valence-electron chi connectivity index (χ2n) is 6.56. The molecule has 1 atom stereocenters. The van der Waals surface area contributed by atoms with E-state index >= 15 is 0 Å². The maximum Gasteiger partial charge on any atom is 0.251 e. The van der Waals surface area contributed by atoms with Gasteiger partial charge in [-0.1, -0.05) is 32.9 Å². The average molecular weight is 261 g/mol. The molecule has 0 spiro atoms. The zero-order valence-corrected chi connectivity index (χ0v) is 12.0. The van der Waals surface area contributed by atoms with Crippen molar-refractivity contribution >= 4 is 5.91 Å². The van der Waals surface area contributed by atoms with Crippen LogP contribution in [0.2, 0.25) is 0 Å². The standard InChI is InChI=1S/C16H23NO2/c1-16(2,3)10-14(18)12-7-6-11-5-4-8-17-15(19)13(11)9-12/h6-7,9,14,18H,4-5,8,10H2,1-3H3,(H,17,19). The summed E-state index contributed by atoms with van der Waals surface area (Å²) in [5.41, 5.74) is 2.71. The van der Waals surface area contributed by atoms with Gasteiger partial charge in [-0.2, -0.15) is 0 Å². The Labute approximate surface area is 115 Å². The predicted octanol–water partition coefficient (Wildman–Crippen LogP) is 2.83. The first kappa shape index (κ1) is 14.1. The van der Waals surface area contributed by atoms with Crippen molar-refractivity contribution < 1.29 is 9.90 Å². The first-order valence-electron chi connectivity index (χ1n) is 6.96. The van der Waals surface area contributed by atoms with E-state index in [2.05, 4.69) is 26.1 Å². The number of aryl methyl sites for hydroxylation is 1. The quantitative estimate of drug-likeness (QED) is 0.860. The van der Waals surface area contributed by atoms with Crippen molar-refractivity contribution in [3.8, 4) is 0 Å². The number of fused-ring (bicyclic) bond motifs is 1. The van der Waals surface area contributed by atoms with Crippen LogP contribution in [0.4, 0.5) is 0 Å². The predicted molar refractivity (Wildman–Crippen MR) is 76.1 cm³/mol. The van der Waals surface area contributed by atoms with Crippen molar-refractivity contribution in [3.63, 3.8) is 0 Å². The molecule has 1 aromatic rings. The van der Waals surface area contributed by atoms with Gasteiger partial charge in [0, 0.05) is 12.1 Å². The Balaban J connectivity index is 2.27. The molecule has 1 amide bonds. The first-order chi connectivity index (χ1) is 8.87. The lowest BCUT2D eigenvalue weighted by Gasteiger charge is -2.23. The lowest BCUT2D eigenvalue weighted by molar-refractivity contribution is 0.0955. The molecule has 104 valence electrons. The molecule has 0 radical (unpaired) electrons. The molecular formula is C16H23NO2. The van der Waals surface area contributed by atoms with Gasteiger partial charge in [0.1, 0.15) is 0 Å². The molecule has 0 aromatic heterocycles. The van der Waals surface area contributed by atoms with Gasteiger partial charge in [-0.05, 0) is 41.9 Å². The van der Waals surface area contributed by atoms with E-state index in [0.29, 0.717) is 6.42 Å². The molecule has 2 rings (SSSR count). The average Bonchev–Trinajstić information content (AvgIpc) is 2.49. The fourth-order valence-electron chi connectivity index (χ4n) is 2.50. The minimum atomic E-state index is -0.513. The smallest absolute Gasteiger partial charge is 0.251 e. The summed E-state index contributed by atoms with van der Waals surface area (Å²) >= 11 is 0. The highest BCUT2D eigenvalue weighted by atomic mass is 16.3. The first-order valence-corrected chi connectivity index (χ1v) is 6.96. The molecule has 1 aliphatic heterocycles. The topological polar surface area (TPSA) is 49.3 Å². The van der Waals surface area contributed by atoms with Gasteiger partial charge in [-0.3, -0.25) is 4.79 Å². The molecular weight excluding hydrogens is 238 g/mol. The van der Waals surface area contributed by atoms with E-state index in [-0.39, 0.29) is 11.3 Å². The van der Waals surface area contributed by atoms with Gasteiger partial charge >= 0.3 is 0 Å². The number of hydrogen-bond donors (Lipinski definition) is 2. The summed E-state index contributed by atoms with van der Waals surface area (Å²) < 4.78 is 0. The molecule has 0 saturated carbocycles. The van der Waals surface area contributed by atoms with Gasteiger partial charge in [0.25, 0.3) is 5.91 Å². The molecule has 0 bridgehead atoms. The van der Waals surface area contributed by atoms with Crippen LogP contribution in [-0.4, -0.2) is 17.6 Å². The number of amides is 1. The van der Waals surface area contributed by atoms with Crippen molar-refractivity contribution in [1.29, 1.82) is 0 Å². The molecule has 0 fully saturated rings. The van der Waals surface area contributed by atoms with Crippen LogP contribution in [0.3, 0.4) is 0 Å². The third-order valence-corrected chi connectivity index (χ3v) is 3.48. The Morgan fingerprint density at radius 1 is 1.37 bits per heavy atom. The van der Waals surface area contributed by atoms with E-state index < -0.39 is 6.10 Å². The normalized spacial score (nSPS) is 17.4. The summed E-state index contributed by atoms with van der Waals surface area (Å²) in [6.07, 6.45) is 2.07. The lowest BCUT2D eigenvalue weighted by atomic mass is 9.86. The van der Waals surface area contributed by atoms with Gasteiger partial charge in [-0.15, -0.1) is 0 Å². The number of carbonyl (C=O) groups excluding carboxylic acids is 1. The fourth-order valence-corrected chi connectivity index (χ4v) is 2.50. The summed E-state index contributed by atoms with van der Waals surface area (Å²) in [5, 5.41) is 13.2. The molecule has 1 heterocycles. The number of aliphatic hydroxyl groups excluding tert-OH is 1. The van der Waals surface area contributed by atoms with Crippen molar-refractivity contribution in [2.24, 2.45) is 5.41 Å². The van der Waals surface area contributed by atoms with Gasteiger partial charge in [-0.25, -0.2) is 0 Å². The number of hydrogen-bond acceptors (Lipinski definition) is 2. The number of nitrogens with one attached hydrogen (secondary N) is 1. The van der Waals surface area contributed by atoms with E-state index in [9.17, 15) is 9.90 Å². The molecule has 2 N–H and O–H groups in total. The molecule has 0 aliphatic carbocycles. The van der Waals surface area contributed by atoms with Gasteiger partial charge in [0.2, 0.25) is 0 Å². The van der Waals surface area contributed by atoms with Gasteiger partial charge < -0.3 is 10.4 Å². The second-order valence-corrected chi connectivity index (χ2v) is 6.56. The summed E-state index contributed by atoms with van der Waals surface area (Å²) in [5.74, 6) is -0.0164.